The van der Waals surface area contributed by atoms with Crippen LogP contribution in [0.2, 0.25) is 0 Å². The summed E-state index contributed by atoms with van der Waals surface area (Å²) in [5, 5.41) is 13.5. The highest BCUT2D eigenvalue weighted by molar-refractivity contribution is 5.88. The van der Waals surface area contributed by atoms with Gasteiger partial charge in [-0.05, 0) is 25.3 Å². The topological polar surface area (TPSA) is 68.2 Å². The van der Waals surface area contributed by atoms with Crippen LogP contribution in [-0.4, -0.2) is 66.0 Å². The highest BCUT2D eigenvalue weighted by Gasteiger charge is 2.36. The van der Waals surface area contributed by atoms with Gasteiger partial charge in [0.25, 0.3) is 0 Å². The number of amides is 1. The second kappa shape index (κ2) is 7.21. The van der Waals surface area contributed by atoms with Crippen LogP contribution in [0.15, 0.2) is 29.3 Å². The predicted molar refractivity (Wildman–Crippen MR) is 93.8 cm³/mol. The molecular formula is C18H26N4O2. The number of carbonyl (C=O) groups excluding carboxylic acids is 1. The van der Waals surface area contributed by atoms with Gasteiger partial charge in [-0.1, -0.05) is 29.8 Å². The summed E-state index contributed by atoms with van der Waals surface area (Å²) in [4.78, 5) is 20.5. The summed E-state index contributed by atoms with van der Waals surface area (Å²) in [7, 11) is 1.71. The summed E-state index contributed by atoms with van der Waals surface area (Å²) in [5.41, 5.74) is 2.04. The van der Waals surface area contributed by atoms with Crippen LogP contribution in [-0.2, 0) is 4.79 Å². The fourth-order valence-electron chi connectivity index (χ4n) is 3.07. The maximum Gasteiger partial charge on any atom is 0.242 e. The molecule has 1 atom stereocenters. The van der Waals surface area contributed by atoms with Gasteiger partial charge in [0.1, 0.15) is 0 Å². The summed E-state index contributed by atoms with van der Waals surface area (Å²) < 4.78 is 0. The highest BCUT2D eigenvalue weighted by Crippen LogP contribution is 2.28. The van der Waals surface area contributed by atoms with Crippen molar-refractivity contribution in [2.45, 2.75) is 31.9 Å². The molecule has 1 saturated carbocycles. The molecule has 1 aromatic rings. The zero-order valence-corrected chi connectivity index (χ0v) is 14.4. The first-order valence-electron chi connectivity index (χ1n) is 8.58. The molecule has 2 aliphatic rings. The van der Waals surface area contributed by atoms with Gasteiger partial charge < -0.3 is 20.2 Å². The van der Waals surface area contributed by atoms with E-state index < -0.39 is 6.10 Å². The summed E-state index contributed by atoms with van der Waals surface area (Å²) in [6, 6.07) is 8.31. The Bertz CT molecular complexity index is 610. The molecule has 2 N–H and O–H groups in total. The van der Waals surface area contributed by atoms with Crippen LogP contribution in [0.4, 0.5) is 0 Å². The number of benzene rings is 1. The van der Waals surface area contributed by atoms with Gasteiger partial charge in [-0.3, -0.25) is 9.79 Å². The van der Waals surface area contributed by atoms with Crippen LogP contribution in [0.5, 0.6) is 0 Å². The number of nitrogens with one attached hydrogen (secondary N) is 1. The Labute approximate surface area is 143 Å². The monoisotopic (exact) mass is 330 g/mol. The van der Waals surface area contributed by atoms with Gasteiger partial charge in [0.2, 0.25) is 5.91 Å². The molecular weight excluding hydrogens is 304 g/mol. The number of aliphatic hydroxyl groups is 1. The van der Waals surface area contributed by atoms with Gasteiger partial charge in [-0.25, -0.2) is 0 Å². The Morgan fingerprint density at radius 3 is 2.62 bits per heavy atom. The van der Waals surface area contributed by atoms with Crippen molar-refractivity contribution in [3.05, 3.63) is 35.4 Å². The van der Waals surface area contributed by atoms with Crippen molar-refractivity contribution in [2.24, 2.45) is 4.99 Å². The largest absolute Gasteiger partial charge is 0.387 e. The van der Waals surface area contributed by atoms with Gasteiger partial charge in [-0.2, -0.15) is 0 Å². The van der Waals surface area contributed by atoms with Gasteiger partial charge in [0.05, 0.1) is 12.6 Å². The fraction of sp³-hybridized carbons (Fsp3) is 0.556. The van der Waals surface area contributed by atoms with Crippen LogP contribution in [0.25, 0.3) is 0 Å². The summed E-state index contributed by atoms with van der Waals surface area (Å²) >= 11 is 0. The molecule has 24 heavy (non-hydrogen) atoms. The van der Waals surface area contributed by atoms with Crippen molar-refractivity contribution in [1.82, 2.24) is 15.1 Å². The van der Waals surface area contributed by atoms with Crippen LogP contribution in [0.3, 0.4) is 0 Å². The first-order chi connectivity index (χ1) is 11.6. The van der Waals surface area contributed by atoms with Gasteiger partial charge in [0, 0.05) is 32.7 Å². The second-order valence-corrected chi connectivity index (χ2v) is 6.59. The van der Waals surface area contributed by atoms with Crippen molar-refractivity contribution < 1.29 is 9.90 Å². The lowest BCUT2D eigenvalue weighted by atomic mass is 10.1. The van der Waals surface area contributed by atoms with Crippen LogP contribution in [0.1, 0.15) is 30.1 Å². The Kier molecular flexibility index (Phi) is 5.04. The number of hydrogen-bond acceptors (Lipinski definition) is 3. The molecule has 2 fully saturated rings. The average Bonchev–Trinajstić information content (AvgIpc) is 3.41. The Morgan fingerprint density at radius 2 is 2.04 bits per heavy atom. The van der Waals surface area contributed by atoms with Crippen molar-refractivity contribution in [1.29, 1.82) is 0 Å². The zero-order chi connectivity index (χ0) is 17.1. The number of aliphatic imine (C=N–C) groups is 1. The minimum absolute atomic E-state index is 0.172. The summed E-state index contributed by atoms with van der Waals surface area (Å²) in [6.45, 7) is 4.28. The van der Waals surface area contributed by atoms with E-state index in [0.29, 0.717) is 25.1 Å². The minimum atomic E-state index is -0.606. The van der Waals surface area contributed by atoms with E-state index in [1.807, 2.05) is 41.0 Å². The number of guanidine groups is 1. The van der Waals surface area contributed by atoms with Gasteiger partial charge in [0.15, 0.2) is 5.96 Å². The van der Waals surface area contributed by atoms with E-state index in [1.54, 1.807) is 7.05 Å². The van der Waals surface area contributed by atoms with Crippen LogP contribution < -0.4 is 5.32 Å². The maximum absolute atomic E-state index is 12.3. The van der Waals surface area contributed by atoms with Gasteiger partial charge >= 0.3 is 0 Å². The molecule has 1 aromatic carbocycles. The van der Waals surface area contributed by atoms with Crippen molar-refractivity contribution in [2.75, 3.05) is 33.2 Å². The summed E-state index contributed by atoms with van der Waals surface area (Å²) in [5.74, 6) is 0.843. The van der Waals surface area contributed by atoms with E-state index in [0.717, 1.165) is 31.5 Å². The molecule has 1 unspecified atom stereocenters. The molecule has 6 heteroatoms. The predicted octanol–water partition coefficient (Wildman–Crippen LogP) is 0.910. The molecule has 1 aliphatic heterocycles. The van der Waals surface area contributed by atoms with E-state index in [9.17, 15) is 9.90 Å². The van der Waals surface area contributed by atoms with Gasteiger partial charge in [-0.15, -0.1) is 0 Å². The molecule has 0 aromatic heterocycles. The maximum atomic E-state index is 12.3. The minimum Gasteiger partial charge on any atom is -0.387 e. The van der Waals surface area contributed by atoms with E-state index in [1.165, 1.54) is 5.56 Å². The van der Waals surface area contributed by atoms with E-state index in [2.05, 4.69) is 10.3 Å². The molecule has 0 radical (unpaired) electrons. The normalized spacial score (nSPS) is 20.3. The molecule has 0 bridgehead atoms. The van der Waals surface area contributed by atoms with Crippen LogP contribution in [0, 0.1) is 6.92 Å². The lowest BCUT2D eigenvalue weighted by molar-refractivity contribution is -0.135. The SMILES string of the molecule is CN=C(NCC(O)c1ccc(C)cc1)N1CCN(C2CC2)C(=O)C1. The highest BCUT2D eigenvalue weighted by atomic mass is 16.3. The lowest BCUT2D eigenvalue weighted by Gasteiger charge is -2.36. The number of carbonyl (C=O) groups is 1. The standard InChI is InChI=1S/C18H26N4O2/c1-13-3-5-14(6-4-13)16(23)11-20-18(19-2)21-9-10-22(15-7-8-15)17(24)12-21/h3-6,15-16,23H,7-12H2,1-2H3,(H,19,20). The molecule has 1 saturated heterocycles. The number of aryl methyl sites for hydroxylation is 1. The average molecular weight is 330 g/mol. The Hall–Kier alpha value is -2.08. The second-order valence-electron chi connectivity index (χ2n) is 6.59. The molecule has 130 valence electrons. The summed E-state index contributed by atoms with van der Waals surface area (Å²) in [6.07, 6.45) is 1.67. The molecule has 3 rings (SSSR count). The molecule has 1 aliphatic carbocycles. The Morgan fingerprint density at radius 1 is 1.33 bits per heavy atom. The molecule has 6 nitrogen and oxygen atoms in total. The third-order valence-electron chi connectivity index (χ3n) is 4.67. The molecule has 0 spiro atoms. The number of piperazine rings is 1. The number of hydrogen-bond donors (Lipinski definition) is 2. The Balaban J connectivity index is 1.53. The van der Waals surface area contributed by atoms with Crippen molar-refractivity contribution in [3.8, 4) is 0 Å². The molecule has 1 heterocycles. The third kappa shape index (κ3) is 3.87. The van der Waals surface area contributed by atoms with E-state index in [-0.39, 0.29) is 5.91 Å². The van der Waals surface area contributed by atoms with Crippen LogP contribution >= 0.6 is 0 Å². The van der Waals surface area contributed by atoms with Crippen molar-refractivity contribution in [3.63, 3.8) is 0 Å². The number of rotatable bonds is 4. The van der Waals surface area contributed by atoms with Crippen molar-refractivity contribution >= 4 is 11.9 Å². The fourth-order valence-corrected chi connectivity index (χ4v) is 3.07. The molecule has 1 amide bonds. The third-order valence-corrected chi connectivity index (χ3v) is 4.67. The number of aliphatic hydroxyl groups excluding tert-OH is 1. The first kappa shape index (κ1) is 16.8. The first-order valence-corrected chi connectivity index (χ1v) is 8.58. The number of nitrogens with zero attached hydrogens (tertiary/aromatic N) is 3. The quantitative estimate of drug-likeness (QED) is 0.636. The van der Waals surface area contributed by atoms with E-state index >= 15 is 0 Å². The smallest absolute Gasteiger partial charge is 0.242 e. The van der Waals surface area contributed by atoms with E-state index in [4.69, 9.17) is 0 Å². The zero-order valence-electron chi connectivity index (χ0n) is 14.4. The lowest BCUT2D eigenvalue weighted by Crippen LogP contribution is -2.56.